The molecule has 1 heterocycles. The lowest BCUT2D eigenvalue weighted by atomic mass is 10.2. The van der Waals surface area contributed by atoms with Gasteiger partial charge in [-0.25, -0.2) is 13.8 Å². The highest BCUT2D eigenvalue weighted by atomic mass is 32.2. The minimum Gasteiger partial charge on any atom is -0.497 e. The fraction of sp³-hybridized carbons (Fsp3) is 0.400. The number of nitrogens with zero attached hydrogens (tertiary/aromatic N) is 2. The van der Waals surface area contributed by atoms with Crippen LogP contribution >= 0.6 is 0 Å². The second-order valence-corrected chi connectivity index (χ2v) is 10.3. The molecule has 12 heteroatoms. The summed E-state index contributed by atoms with van der Waals surface area (Å²) in [6, 6.07) is 12.1. The summed E-state index contributed by atoms with van der Waals surface area (Å²) in [5.74, 6) is 0.237. The van der Waals surface area contributed by atoms with E-state index >= 15 is 0 Å². The molecule has 1 aliphatic rings. The first-order valence-electron chi connectivity index (χ1n) is 11.7. The number of hydrogen-bond acceptors (Lipinski definition) is 8. The minimum atomic E-state index is -3.75. The number of nitrogens with one attached hydrogen (secondary N) is 2. The van der Waals surface area contributed by atoms with Gasteiger partial charge in [0.05, 0.1) is 31.4 Å². The lowest BCUT2D eigenvalue weighted by Crippen LogP contribution is -2.46. The lowest BCUT2D eigenvalue weighted by molar-refractivity contribution is -0.123. The Labute approximate surface area is 216 Å². The van der Waals surface area contributed by atoms with Crippen molar-refractivity contribution in [1.29, 1.82) is 0 Å². The van der Waals surface area contributed by atoms with Crippen molar-refractivity contribution >= 4 is 33.7 Å². The fourth-order valence-corrected chi connectivity index (χ4v) is 4.86. The van der Waals surface area contributed by atoms with Crippen LogP contribution in [0.2, 0.25) is 0 Å². The van der Waals surface area contributed by atoms with Gasteiger partial charge in [0.2, 0.25) is 10.0 Å². The summed E-state index contributed by atoms with van der Waals surface area (Å²) in [5, 5.41) is 6.72. The van der Waals surface area contributed by atoms with E-state index in [1.165, 1.54) is 20.2 Å². The summed E-state index contributed by atoms with van der Waals surface area (Å²) in [6.45, 7) is 2.57. The molecule has 2 amide bonds. The molecule has 2 N–H and O–H groups in total. The predicted octanol–water partition coefficient (Wildman–Crippen LogP) is 1.67. The van der Waals surface area contributed by atoms with Crippen molar-refractivity contribution in [3.63, 3.8) is 0 Å². The molecule has 1 fully saturated rings. The van der Waals surface area contributed by atoms with Crippen LogP contribution in [-0.2, 0) is 24.3 Å². The number of amides is 2. The van der Waals surface area contributed by atoms with E-state index in [4.69, 9.17) is 14.2 Å². The standard InChI is InChI=1S/C25H32N4O7S/c1-18(29(37(3,32)33)20-8-12-21(34-2)13-9-20)25(31)28-27-15-19-6-10-22(11-7-19)36-17-24(30)26-16-23-5-4-14-35-23/h6-13,15,18,23H,4-5,14,16-17H2,1-3H3,(H,26,30)(H,28,31)/b27-15-/t18-,23-/m0/s1. The van der Waals surface area contributed by atoms with Crippen molar-refractivity contribution < 1.29 is 32.2 Å². The maximum absolute atomic E-state index is 12.6. The van der Waals surface area contributed by atoms with Gasteiger partial charge in [-0.2, -0.15) is 5.10 Å². The summed E-state index contributed by atoms with van der Waals surface area (Å²) in [4.78, 5) is 24.6. The molecule has 0 radical (unpaired) electrons. The van der Waals surface area contributed by atoms with Gasteiger partial charge in [-0.3, -0.25) is 13.9 Å². The van der Waals surface area contributed by atoms with E-state index in [9.17, 15) is 18.0 Å². The second-order valence-electron chi connectivity index (χ2n) is 8.46. The van der Waals surface area contributed by atoms with Crippen molar-refractivity contribution in [3.05, 3.63) is 54.1 Å². The normalized spacial score (nSPS) is 16.2. The Morgan fingerprint density at radius 1 is 1.16 bits per heavy atom. The number of methoxy groups -OCH3 is 1. The Balaban J connectivity index is 1.50. The molecule has 200 valence electrons. The van der Waals surface area contributed by atoms with Crippen LogP contribution < -0.4 is 24.5 Å². The van der Waals surface area contributed by atoms with Gasteiger partial charge in [-0.1, -0.05) is 0 Å². The van der Waals surface area contributed by atoms with Gasteiger partial charge in [-0.15, -0.1) is 0 Å². The Bertz CT molecular complexity index is 1180. The molecule has 3 rings (SSSR count). The molecule has 2 atom stereocenters. The van der Waals surface area contributed by atoms with E-state index in [0.29, 0.717) is 29.3 Å². The number of benzene rings is 2. The van der Waals surface area contributed by atoms with Gasteiger partial charge >= 0.3 is 0 Å². The molecular formula is C25H32N4O7S. The van der Waals surface area contributed by atoms with Gasteiger partial charge in [0, 0.05) is 13.2 Å². The van der Waals surface area contributed by atoms with Gasteiger partial charge in [0.1, 0.15) is 17.5 Å². The highest BCUT2D eigenvalue weighted by molar-refractivity contribution is 7.92. The van der Waals surface area contributed by atoms with Crippen molar-refractivity contribution in [2.75, 3.05) is 37.4 Å². The number of ether oxygens (including phenoxy) is 3. The van der Waals surface area contributed by atoms with E-state index in [1.54, 1.807) is 48.5 Å². The predicted molar refractivity (Wildman–Crippen MR) is 139 cm³/mol. The number of sulfonamides is 1. The SMILES string of the molecule is COc1ccc(N([C@@H](C)C(=O)N/N=C\c2ccc(OCC(=O)NC[C@@H]3CCCO3)cc2)S(C)(=O)=O)cc1. The van der Waals surface area contributed by atoms with E-state index in [0.717, 1.165) is 30.0 Å². The first kappa shape index (κ1) is 27.9. The van der Waals surface area contributed by atoms with Gasteiger partial charge in [0.25, 0.3) is 11.8 Å². The summed E-state index contributed by atoms with van der Waals surface area (Å²) >= 11 is 0. The Morgan fingerprint density at radius 2 is 1.84 bits per heavy atom. The number of anilines is 1. The quantitative estimate of drug-likeness (QED) is 0.314. The summed E-state index contributed by atoms with van der Waals surface area (Å²) in [7, 11) is -2.25. The van der Waals surface area contributed by atoms with Crippen LogP contribution in [0, 0.1) is 0 Å². The van der Waals surface area contributed by atoms with Crippen molar-refractivity contribution in [1.82, 2.24) is 10.7 Å². The molecule has 2 aromatic rings. The Morgan fingerprint density at radius 3 is 2.43 bits per heavy atom. The highest BCUT2D eigenvalue weighted by Crippen LogP contribution is 2.23. The zero-order valence-corrected chi connectivity index (χ0v) is 21.9. The zero-order chi connectivity index (χ0) is 26.8. The van der Waals surface area contributed by atoms with E-state index in [1.807, 2.05) is 0 Å². The fourth-order valence-electron chi connectivity index (χ4n) is 3.68. The molecule has 0 spiro atoms. The number of hydrazone groups is 1. The molecule has 0 aliphatic carbocycles. The molecule has 0 saturated carbocycles. The van der Waals surface area contributed by atoms with Crippen molar-refractivity contribution in [3.8, 4) is 11.5 Å². The molecule has 0 unspecified atom stereocenters. The largest absolute Gasteiger partial charge is 0.497 e. The Kier molecular flexibility index (Phi) is 9.86. The molecular weight excluding hydrogens is 500 g/mol. The van der Waals surface area contributed by atoms with Crippen molar-refractivity contribution in [2.45, 2.75) is 31.9 Å². The smallest absolute Gasteiger partial charge is 0.263 e. The van der Waals surface area contributed by atoms with E-state index in [2.05, 4.69) is 15.8 Å². The molecule has 0 bridgehead atoms. The summed E-state index contributed by atoms with van der Waals surface area (Å²) in [6.07, 6.45) is 4.48. The molecule has 37 heavy (non-hydrogen) atoms. The number of carbonyl (C=O) groups excluding carboxylic acids is 2. The van der Waals surface area contributed by atoms with Crippen LogP contribution in [0.4, 0.5) is 5.69 Å². The van der Waals surface area contributed by atoms with Gasteiger partial charge in [-0.05, 0) is 73.9 Å². The lowest BCUT2D eigenvalue weighted by Gasteiger charge is -2.27. The monoisotopic (exact) mass is 532 g/mol. The minimum absolute atomic E-state index is 0.0721. The second kappa shape index (κ2) is 13.1. The third kappa shape index (κ3) is 8.46. The summed E-state index contributed by atoms with van der Waals surface area (Å²) < 4.78 is 41.8. The van der Waals surface area contributed by atoms with Crippen LogP contribution in [0.5, 0.6) is 11.5 Å². The topological polar surface area (TPSA) is 136 Å². The molecule has 1 saturated heterocycles. The number of rotatable bonds is 12. The maximum Gasteiger partial charge on any atom is 0.263 e. The zero-order valence-electron chi connectivity index (χ0n) is 21.0. The van der Waals surface area contributed by atoms with Gasteiger partial charge in [0.15, 0.2) is 6.61 Å². The van der Waals surface area contributed by atoms with Crippen LogP contribution in [0.3, 0.4) is 0 Å². The molecule has 2 aromatic carbocycles. The first-order chi connectivity index (χ1) is 17.7. The average Bonchev–Trinajstić information content (AvgIpc) is 3.40. The van der Waals surface area contributed by atoms with E-state index in [-0.39, 0.29) is 18.6 Å². The molecule has 0 aromatic heterocycles. The highest BCUT2D eigenvalue weighted by Gasteiger charge is 2.29. The molecule has 1 aliphatic heterocycles. The molecule has 11 nitrogen and oxygen atoms in total. The van der Waals surface area contributed by atoms with Gasteiger partial charge < -0.3 is 19.5 Å². The third-order valence-electron chi connectivity index (χ3n) is 5.60. The van der Waals surface area contributed by atoms with Crippen LogP contribution in [0.1, 0.15) is 25.3 Å². The number of hydrogen-bond donors (Lipinski definition) is 2. The van der Waals surface area contributed by atoms with Crippen LogP contribution in [-0.4, -0.2) is 71.7 Å². The third-order valence-corrected chi connectivity index (χ3v) is 6.85. The average molecular weight is 533 g/mol. The van der Waals surface area contributed by atoms with Crippen LogP contribution in [0.15, 0.2) is 53.6 Å². The van der Waals surface area contributed by atoms with E-state index < -0.39 is 22.0 Å². The van der Waals surface area contributed by atoms with Crippen LogP contribution in [0.25, 0.3) is 0 Å². The first-order valence-corrected chi connectivity index (χ1v) is 13.6. The number of carbonyl (C=O) groups is 2. The summed E-state index contributed by atoms with van der Waals surface area (Å²) in [5.41, 5.74) is 3.36. The Hall–Kier alpha value is -3.64. The van der Waals surface area contributed by atoms with Crippen molar-refractivity contribution in [2.24, 2.45) is 5.10 Å². The maximum atomic E-state index is 12.6.